The Balaban J connectivity index is 1.35. The molecule has 1 aliphatic heterocycles. The third-order valence-electron chi connectivity index (χ3n) is 7.01. The second kappa shape index (κ2) is 9.15. The van der Waals surface area contributed by atoms with E-state index in [0.717, 1.165) is 6.42 Å². The first kappa shape index (κ1) is 21.4. The molecule has 1 aliphatic carbocycles. The predicted molar refractivity (Wildman–Crippen MR) is 116 cm³/mol. The number of nitrogens with zero attached hydrogens (tertiary/aromatic N) is 4. The number of furan rings is 1. The maximum atomic E-state index is 12.9. The first-order chi connectivity index (χ1) is 15.0. The molecule has 2 fully saturated rings. The fraction of sp³-hybridized carbons (Fsp3) is 0.609. The molecule has 8 nitrogen and oxygen atoms in total. The average Bonchev–Trinajstić information content (AvgIpc) is 3.46. The van der Waals surface area contributed by atoms with Gasteiger partial charge in [-0.1, -0.05) is 26.7 Å². The summed E-state index contributed by atoms with van der Waals surface area (Å²) in [6.07, 6.45) is 5.05. The summed E-state index contributed by atoms with van der Waals surface area (Å²) in [6.45, 7) is 9.26. The van der Waals surface area contributed by atoms with Crippen LogP contribution in [0.15, 0.2) is 27.2 Å². The summed E-state index contributed by atoms with van der Waals surface area (Å²) in [7, 11) is 0. The van der Waals surface area contributed by atoms with Gasteiger partial charge in [0.15, 0.2) is 5.76 Å². The molecule has 0 aromatic carbocycles. The number of rotatable bonds is 5. The van der Waals surface area contributed by atoms with Crippen molar-refractivity contribution in [2.24, 2.45) is 11.8 Å². The molecule has 0 radical (unpaired) electrons. The van der Waals surface area contributed by atoms with Crippen LogP contribution in [0, 0.1) is 23.2 Å². The van der Waals surface area contributed by atoms with Crippen molar-refractivity contribution >= 4 is 11.8 Å². The minimum Gasteiger partial charge on any atom is -0.459 e. The van der Waals surface area contributed by atoms with Crippen molar-refractivity contribution in [1.29, 1.82) is 5.26 Å². The first-order valence-electron chi connectivity index (χ1n) is 11.2. The number of hydrogen-bond acceptors (Lipinski definition) is 7. The van der Waals surface area contributed by atoms with E-state index < -0.39 is 0 Å². The summed E-state index contributed by atoms with van der Waals surface area (Å²) >= 11 is 0. The van der Waals surface area contributed by atoms with E-state index in [0.29, 0.717) is 55.5 Å². The molecule has 3 heterocycles. The number of amides is 1. The van der Waals surface area contributed by atoms with Gasteiger partial charge in [0, 0.05) is 32.2 Å². The molecule has 8 heteroatoms. The maximum Gasteiger partial charge on any atom is 0.266 e. The molecule has 0 bridgehead atoms. The van der Waals surface area contributed by atoms with Gasteiger partial charge in [0.1, 0.15) is 6.07 Å². The standard InChI is InChI=1S/C23H31N5O3/c1-15-6-4-7-18(16(15)2)25-21(29)17(3)27-9-11-28(12-10-27)23-19(14-24)26-22(31-23)20-8-5-13-30-20/h5,8,13,15-18H,4,6-7,9-12H2,1-3H3,(H,25,29)/t15-,16-,17+,18+/m1/s1. The van der Waals surface area contributed by atoms with Crippen LogP contribution < -0.4 is 10.2 Å². The number of piperazine rings is 1. The smallest absolute Gasteiger partial charge is 0.266 e. The summed E-state index contributed by atoms with van der Waals surface area (Å²) in [4.78, 5) is 21.4. The molecule has 1 saturated carbocycles. The fourth-order valence-corrected chi connectivity index (χ4v) is 4.67. The van der Waals surface area contributed by atoms with E-state index in [4.69, 9.17) is 8.83 Å². The molecule has 31 heavy (non-hydrogen) atoms. The van der Waals surface area contributed by atoms with Crippen molar-refractivity contribution < 1.29 is 13.6 Å². The Morgan fingerprint density at radius 1 is 1.29 bits per heavy atom. The number of hydrogen-bond donors (Lipinski definition) is 1. The minimum absolute atomic E-state index is 0.108. The van der Waals surface area contributed by atoms with E-state index in [1.807, 2.05) is 11.8 Å². The van der Waals surface area contributed by atoms with Crippen LogP contribution in [0.3, 0.4) is 0 Å². The Bertz CT molecular complexity index is 924. The third kappa shape index (κ3) is 4.47. The van der Waals surface area contributed by atoms with Gasteiger partial charge in [-0.2, -0.15) is 10.2 Å². The van der Waals surface area contributed by atoms with Gasteiger partial charge in [-0.3, -0.25) is 9.69 Å². The van der Waals surface area contributed by atoms with Crippen LogP contribution in [-0.2, 0) is 4.79 Å². The molecule has 4 rings (SSSR count). The second-order valence-electron chi connectivity index (χ2n) is 8.84. The van der Waals surface area contributed by atoms with Gasteiger partial charge in [-0.05, 0) is 37.3 Å². The molecule has 1 saturated heterocycles. The Morgan fingerprint density at radius 3 is 2.74 bits per heavy atom. The molecular weight excluding hydrogens is 394 g/mol. The Hall–Kier alpha value is -2.79. The Labute approximate surface area is 183 Å². The van der Waals surface area contributed by atoms with Crippen LogP contribution in [0.5, 0.6) is 0 Å². The third-order valence-corrected chi connectivity index (χ3v) is 7.01. The lowest BCUT2D eigenvalue weighted by Crippen LogP contribution is -2.56. The maximum absolute atomic E-state index is 12.9. The Morgan fingerprint density at radius 2 is 2.06 bits per heavy atom. The number of nitriles is 1. The highest BCUT2D eigenvalue weighted by Gasteiger charge is 2.32. The topological polar surface area (TPSA) is 98.5 Å². The SMILES string of the molecule is C[C@@H]1[C@H](C)CCC[C@@H]1NC(=O)[C@H](C)N1CCN(c2oc(-c3ccco3)nc2C#N)CC1. The number of nitrogens with one attached hydrogen (secondary N) is 1. The van der Waals surface area contributed by atoms with E-state index in [2.05, 4.69) is 35.1 Å². The lowest BCUT2D eigenvalue weighted by Gasteiger charge is -2.39. The van der Waals surface area contributed by atoms with Crippen LogP contribution in [0.1, 0.15) is 45.7 Å². The number of oxazole rings is 1. The molecule has 4 atom stereocenters. The van der Waals surface area contributed by atoms with Gasteiger partial charge in [0.05, 0.1) is 12.3 Å². The second-order valence-corrected chi connectivity index (χ2v) is 8.84. The van der Waals surface area contributed by atoms with Gasteiger partial charge < -0.3 is 19.1 Å². The molecule has 166 valence electrons. The zero-order valence-electron chi connectivity index (χ0n) is 18.5. The van der Waals surface area contributed by atoms with Crippen molar-refractivity contribution in [3.63, 3.8) is 0 Å². The largest absolute Gasteiger partial charge is 0.459 e. The zero-order valence-corrected chi connectivity index (χ0v) is 18.5. The van der Waals surface area contributed by atoms with Gasteiger partial charge in [-0.15, -0.1) is 0 Å². The molecule has 1 N–H and O–H groups in total. The molecule has 0 unspecified atom stereocenters. The van der Waals surface area contributed by atoms with Crippen molar-refractivity contribution in [3.05, 3.63) is 24.1 Å². The fourth-order valence-electron chi connectivity index (χ4n) is 4.67. The van der Waals surface area contributed by atoms with Crippen LogP contribution in [0.4, 0.5) is 5.88 Å². The van der Waals surface area contributed by atoms with Crippen molar-refractivity contribution in [2.45, 2.75) is 52.1 Å². The van der Waals surface area contributed by atoms with Crippen LogP contribution in [0.25, 0.3) is 11.7 Å². The first-order valence-corrected chi connectivity index (χ1v) is 11.2. The van der Waals surface area contributed by atoms with Gasteiger partial charge in [0.2, 0.25) is 17.5 Å². The van der Waals surface area contributed by atoms with Gasteiger partial charge >= 0.3 is 0 Å². The predicted octanol–water partition coefficient (Wildman–Crippen LogP) is 3.26. The summed E-state index contributed by atoms with van der Waals surface area (Å²) in [5.74, 6) is 2.55. The van der Waals surface area contributed by atoms with Crippen molar-refractivity contribution in [2.75, 3.05) is 31.1 Å². The average molecular weight is 426 g/mol. The van der Waals surface area contributed by atoms with E-state index in [1.165, 1.54) is 12.8 Å². The van der Waals surface area contributed by atoms with Crippen LogP contribution in [-0.4, -0.2) is 54.1 Å². The lowest BCUT2D eigenvalue weighted by molar-refractivity contribution is -0.127. The van der Waals surface area contributed by atoms with E-state index >= 15 is 0 Å². The van der Waals surface area contributed by atoms with Crippen molar-refractivity contribution in [3.8, 4) is 17.7 Å². The molecule has 2 aromatic heterocycles. The lowest BCUT2D eigenvalue weighted by atomic mass is 9.78. The molecule has 2 aliphatic rings. The van der Waals surface area contributed by atoms with Gasteiger partial charge in [-0.25, -0.2) is 0 Å². The molecule has 0 spiro atoms. The van der Waals surface area contributed by atoms with Crippen molar-refractivity contribution in [1.82, 2.24) is 15.2 Å². The minimum atomic E-state index is -0.185. The molecular formula is C23H31N5O3. The zero-order chi connectivity index (χ0) is 22.0. The van der Waals surface area contributed by atoms with Crippen LogP contribution in [0.2, 0.25) is 0 Å². The van der Waals surface area contributed by atoms with Crippen LogP contribution >= 0.6 is 0 Å². The number of carbonyl (C=O) groups is 1. The van der Waals surface area contributed by atoms with E-state index in [9.17, 15) is 10.1 Å². The summed E-state index contributed by atoms with van der Waals surface area (Å²) < 4.78 is 11.2. The Kier molecular flexibility index (Phi) is 6.33. The number of anilines is 1. The number of carbonyl (C=O) groups excluding carboxylic acids is 1. The summed E-state index contributed by atoms with van der Waals surface area (Å²) in [5.41, 5.74) is 0.256. The quantitative estimate of drug-likeness (QED) is 0.785. The highest BCUT2D eigenvalue weighted by molar-refractivity contribution is 5.81. The number of aromatic nitrogens is 1. The van der Waals surface area contributed by atoms with E-state index in [-0.39, 0.29) is 23.7 Å². The monoisotopic (exact) mass is 425 g/mol. The molecule has 2 aromatic rings. The van der Waals surface area contributed by atoms with E-state index in [1.54, 1.807) is 18.4 Å². The summed E-state index contributed by atoms with van der Waals surface area (Å²) in [5, 5.41) is 12.8. The highest BCUT2D eigenvalue weighted by atomic mass is 16.4. The molecule has 1 amide bonds. The van der Waals surface area contributed by atoms with Gasteiger partial charge in [0.25, 0.3) is 5.89 Å². The summed E-state index contributed by atoms with van der Waals surface area (Å²) in [6, 6.07) is 5.71. The normalized spacial score (nSPS) is 25.7. The highest BCUT2D eigenvalue weighted by Crippen LogP contribution is 2.30.